The van der Waals surface area contributed by atoms with Crippen LogP contribution in [-0.2, 0) is 0 Å². The summed E-state index contributed by atoms with van der Waals surface area (Å²) in [5.41, 5.74) is 16.8. The van der Waals surface area contributed by atoms with Crippen LogP contribution in [0.3, 0.4) is 0 Å². The minimum absolute atomic E-state index is 0.815. The summed E-state index contributed by atoms with van der Waals surface area (Å²) < 4.78 is 4.81. The lowest BCUT2D eigenvalue weighted by atomic mass is 9.87. The topological polar surface area (TPSA) is 36.6 Å². The highest BCUT2D eigenvalue weighted by Gasteiger charge is 2.22. The molecule has 0 saturated heterocycles. The van der Waals surface area contributed by atoms with Crippen LogP contribution in [0.2, 0.25) is 0 Å². The highest BCUT2D eigenvalue weighted by atomic mass is 15.6. The monoisotopic (exact) mass is 899 g/mol. The molecular formula is C62H70N6+2. The van der Waals surface area contributed by atoms with Crippen LogP contribution in [0.25, 0.3) is 32.7 Å². The van der Waals surface area contributed by atoms with E-state index in [4.69, 9.17) is 0 Å². The molecule has 0 saturated carbocycles. The smallest absolute Gasteiger partial charge is 0.199 e. The van der Waals surface area contributed by atoms with Gasteiger partial charge in [-0.1, -0.05) is 84.9 Å². The Balaban J connectivity index is 1.17. The molecule has 0 heterocycles. The van der Waals surface area contributed by atoms with Crippen molar-refractivity contribution in [3.63, 3.8) is 0 Å². The molecule has 68 heavy (non-hydrogen) atoms. The van der Waals surface area contributed by atoms with Crippen molar-refractivity contribution in [2.45, 2.75) is 55.4 Å². The Kier molecular flexibility index (Phi) is 15.4. The van der Waals surface area contributed by atoms with Crippen LogP contribution in [0.1, 0.15) is 77.6 Å². The first-order chi connectivity index (χ1) is 33.4. The Labute approximate surface area is 406 Å². The summed E-state index contributed by atoms with van der Waals surface area (Å²) in [7, 11) is 0. The Morgan fingerprint density at radius 2 is 0.721 bits per heavy atom. The molecule has 0 atom stereocenters. The molecule has 0 spiro atoms. The second-order valence-corrected chi connectivity index (χ2v) is 17.2. The van der Waals surface area contributed by atoms with Crippen molar-refractivity contribution >= 4 is 66.9 Å². The molecule has 6 heteroatoms. The van der Waals surface area contributed by atoms with E-state index in [1.807, 2.05) is 0 Å². The van der Waals surface area contributed by atoms with E-state index >= 15 is 0 Å². The van der Waals surface area contributed by atoms with E-state index in [0.29, 0.717) is 0 Å². The first-order valence-electron chi connectivity index (χ1n) is 25.1. The van der Waals surface area contributed by atoms with Crippen molar-refractivity contribution in [1.82, 2.24) is 0 Å². The van der Waals surface area contributed by atoms with Crippen LogP contribution in [-0.4, -0.2) is 72.9 Å². The van der Waals surface area contributed by atoms with Crippen LogP contribution in [0.15, 0.2) is 181 Å². The van der Waals surface area contributed by atoms with Gasteiger partial charge >= 0.3 is 0 Å². The zero-order valence-corrected chi connectivity index (χ0v) is 41.6. The molecule has 2 N–H and O–H groups in total. The molecule has 6 aromatic carbocycles. The first kappa shape index (κ1) is 47.3. The number of hydrazine groups is 1. The molecule has 0 aliphatic heterocycles. The molecule has 0 bridgehead atoms. The van der Waals surface area contributed by atoms with Gasteiger partial charge in [0.2, 0.25) is 0 Å². The maximum Gasteiger partial charge on any atom is 0.199 e. The fourth-order valence-corrected chi connectivity index (χ4v) is 10.1. The Morgan fingerprint density at radius 1 is 0.382 bits per heavy atom. The third-order valence-corrected chi connectivity index (χ3v) is 13.5. The normalized spacial score (nSPS) is 13.1. The van der Waals surface area contributed by atoms with Gasteiger partial charge < -0.3 is 10.6 Å². The van der Waals surface area contributed by atoms with Crippen molar-refractivity contribution < 1.29 is 9.15 Å². The quantitative estimate of drug-likeness (QED) is 0.0706. The molecule has 8 rings (SSSR count). The average Bonchev–Trinajstić information content (AvgIpc) is 3.39. The summed E-state index contributed by atoms with van der Waals surface area (Å²) in [6.07, 6.45) is 18.3. The van der Waals surface area contributed by atoms with E-state index in [1.54, 1.807) is 0 Å². The second-order valence-electron chi connectivity index (χ2n) is 17.2. The van der Waals surface area contributed by atoms with E-state index in [0.717, 1.165) is 75.1 Å². The summed E-state index contributed by atoms with van der Waals surface area (Å²) in [5.74, 6) is 0. The Morgan fingerprint density at radius 3 is 1.03 bits per heavy atom. The molecule has 2 aliphatic rings. The van der Waals surface area contributed by atoms with Crippen molar-refractivity contribution in [3.05, 3.63) is 203 Å². The van der Waals surface area contributed by atoms with Crippen LogP contribution in [0.5, 0.6) is 0 Å². The van der Waals surface area contributed by atoms with Gasteiger partial charge in [0.15, 0.2) is 11.4 Å². The Hall–Kier alpha value is -7.18. The molecule has 0 aromatic heterocycles. The standard InChI is InChI=1S/C62H68N6/c1-9-63-59-43-41-57(53-21-17-19-23-55(53)59)61(45-25-33-49(34-26-45)65(11-3)12-4)47-29-37-51(38-30-47)67(15-7)68(16-8)52-39-31-48(32-40-52)62(46-27-35-50(36-28-46)66(13-5)14-6)58-42-44-60(64-10-2)56-24-20-18-22-54(56)58/h17-44H,9-16H2,1-8H3/p+2. The highest BCUT2D eigenvalue weighted by molar-refractivity contribution is 6.09. The molecule has 6 aromatic rings. The summed E-state index contributed by atoms with van der Waals surface area (Å²) in [6.45, 7) is 25.0. The van der Waals surface area contributed by atoms with Crippen molar-refractivity contribution in [3.8, 4) is 0 Å². The maximum atomic E-state index is 3.60. The molecule has 0 fully saturated rings. The van der Waals surface area contributed by atoms with Gasteiger partial charge in [0.1, 0.15) is 26.2 Å². The van der Waals surface area contributed by atoms with E-state index in [2.05, 4.69) is 255 Å². The van der Waals surface area contributed by atoms with Gasteiger partial charge in [-0.2, -0.15) is 0 Å². The predicted octanol–water partition coefficient (Wildman–Crippen LogP) is 14.0. The number of nitrogens with zero attached hydrogens (tertiary/aromatic N) is 4. The van der Waals surface area contributed by atoms with Gasteiger partial charge in [0, 0.05) is 72.6 Å². The molecular weight excluding hydrogens is 829 g/mol. The summed E-state index contributed by atoms with van der Waals surface area (Å²) in [6, 6.07) is 45.1. The Bertz CT molecular complexity index is 2770. The summed E-state index contributed by atoms with van der Waals surface area (Å²) in [4.78, 5) is 0. The van der Waals surface area contributed by atoms with Crippen LogP contribution >= 0.6 is 0 Å². The molecule has 0 radical (unpaired) electrons. The largest absolute Gasteiger partial charge is 0.385 e. The minimum atomic E-state index is 0.815. The summed E-state index contributed by atoms with van der Waals surface area (Å²) >= 11 is 0. The van der Waals surface area contributed by atoms with Crippen LogP contribution in [0.4, 0.5) is 22.7 Å². The van der Waals surface area contributed by atoms with Gasteiger partial charge in [-0.05, 0) is 171 Å². The molecule has 346 valence electrons. The molecule has 0 amide bonds. The molecule has 0 unspecified atom stereocenters. The number of rotatable bonds is 17. The number of benzene rings is 6. The van der Waals surface area contributed by atoms with Crippen molar-refractivity contribution in [2.24, 2.45) is 0 Å². The van der Waals surface area contributed by atoms with Crippen LogP contribution < -0.4 is 20.7 Å². The zero-order valence-electron chi connectivity index (χ0n) is 41.6. The van der Waals surface area contributed by atoms with E-state index in [9.17, 15) is 0 Å². The SMILES string of the molecule is CCNc1ccc(C(=C2C=CC(=[N+](CC)CC)C=C2)c2ccc(N(CC)N(CC)c3ccc(C(=C4C=CC(=[N+](CC)CC)C=C4)c4ccc(NCC)c5ccccc45)cc3)cc2)c2ccccc12. The average molecular weight is 899 g/mol. The number of hydrogen-bond donors (Lipinski definition) is 2. The van der Waals surface area contributed by atoms with E-state index < -0.39 is 0 Å². The minimum Gasteiger partial charge on any atom is -0.385 e. The summed E-state index contributed by atoms with van der Waals surface area (Å²) in [5, 5.41) is 17.0. The van der Waals surface area contributed by atoms with Gasteiger partial charge in [0.25, 0.3) is 0 Å². The highest BCUT2D eigenvalue weighted by Crippen LogP contribution is 2.40. The zero-order chi connectivity index (χ0) is 47.6. The number of hydrogen-bond acceptors (Lipinski definition) is 4. The number of nitrogens with one attached hydrogen (secondary N) is 2. The third kappa shape index (κ3) is 9.64. The van der Waals surface area contributed by atoms with Gasteiger partial charge in [0.05, 0.1) is 11.4 Å². The third-order valence-electron chi connectivity index (χ3n) is 13.5. The van der Waals surface area contributed by atoms with Crippen LogP contribution in [0, 0.1) is 0 Å². The fraction of sp³-hybridized carbons (Fsp3) is 0.258. The first-order valence-corrected chi connectivity index (χ1v) is 25.1. The van der Waals surface area contributed by atoms with Crippen molar-refractivity contribution in [1.29, 1.82) is 0 Å². The number of fused-ring (bicyclic) bond motifs is 2. The molecule has 2 aliphatic carbocycles. The van der Waals surface area contributed by atoms with Gasteiger partial charge in [-0.3, -0.25) is 10.0 Å². The lowest BCUT2D eigenvalue weighted by Crippen LogP contribution is -2.43. The predicted molar refractivity (Wildman–Crippen MR) is 296 cm³/mol. The van der Waals surface area contributed by atoms with Crippen molar-refractivity contribution in [2.75, 3.05) is 73.0 Å². The van der Waals surface area contributed by atoms with E-state index in [1.165, 1.54) is 77.5 Å². The maximum absolute atomic E-state index is 3.60. The fourth-order valence-electron chi connectivity index (χ4n) is 10.1. The lowest BCUT2D eigenvalue weighted by Gasteiger charge is -2.37. The molecule has 6 nitrogen and oxygen atoms in total. The number of anilines is 4. The lowest BCUT2D eigenvalue weighted by molar-refractivity contribution is -0.519. The van der Waals surface area contributed by atoms with Gasteiger partial charge in [-0.15, -0.1) is 0 Å². The van der Waals surface area contributed by atoms with Gasteiger partial charge in [-0.25, -0.2) is 9.15 Å². The second kappa shape index (κ2) is 22.1. The van der Waals surface area contributed by atoms with E-state index in [-0.39, 0.29) is 0 Å². The number of allylic oxidation sites excluding steroid dienone is 10.